The van der Waals surface area contributed by atoms with E-state index in [1.807, 2.05) is 12.4 Å². The maximum atomic E-state index is 6.26. The molecule has 0 unspecified atom stereocenters. The molecule has 1 aliphatic carbocycles. The van der Waals surface area contributed by atoms with Crippen molar-refractivity contribution >= 4 is 12.4 Å². The van der Waals surface area contributed by atoms with Crippen molar-refractivity contribution in [3.05, 3.63) is 41.6 Å². The highest BCUT2D eigenvalue weighted by molar-refractivity contribution is 5.85. The van der Waals surface area contributed by atoms with Crippen LogP contribution >= 0.6 is 12.4 Å². The second-order valence-corrected chi connectivity index (χ2v) is 8.28. The topological polar surface area (TPSA) is 88.1 Å². The minimum Gasteiger partial charge on any atom is -0.493 e. The zero-order valence-electron chi connectivity index (χ0n) is 18.5. The molecule has 3 aliphatic rings. The first-order valence-corrected chi connectivity index (χ1v) is 10.8. The van der Waals surface area contributed by atoms with E-state index in [-0.39, 0.29) is 24.4 Å². The van der Waals surface area contributed by atoms with E-state index in [1.54, 1.807) is 7.11 Å². The van der Waals surface area contributed by atoms with Gasteiger partial charge in [-0.05, 0) is 49.9 Å². The van der Waals surface area contributed by atoms with E-state index in [0.717, 1.165) is 52.9 Å². The second kappa shape index (κ2) is 10.3. The van der Waals surface area contributed by atoms with Crippen LogP contribution in [0.15, 0.2) is 24.5 Å². The van der Waals surface area contributed by atoms with E-state index in [0.29, 0.717) is 19.5 Å². The highest BCUT2D eigenvalue weighted by atomic mass is 35.5. The van der Waals surface area contributed by atoms with Gasteiger partial charge in [0, 0.05) is 12.3 Å². The van der Waals surface area contributed by atoms with Gasteiger partial charge >= 0.3 is 0 Å². The Kier molecular flexibility index (Phi) is 7.73. The molecule has 1 aromatic rings. The number of rotatable bonds is 8. The Hall–Kier alpha value is -2.38. The largest absolute Gasteiger partial charge is 0.493 e. The zero-order chi connectivity index (χ0) is 21.1. The molecule has 1 saturated carbocycles. The summed E-state index contributed by atoms with van der Waals surface area (Å²) in [5, 5.41) is 0. The second-order valence-electron chi connectivity index (χ2n) is 8.28. The molecule has 168 valence electrons. The quantitative estimate of drug-likeness (QED) is 0.559. The summed E-state index contributed by atoms with van der Waals surface area (Å²) >= 11 is 0. The van der Waals surface area contributed by atoms with Gasteiger partial charge in [0.1, 0.15) is 11.5 Å². The van der Waals surface area contributed by atoms with Gasteiger partial charge in [0.15, 0.2) is 17.3 Å². The Balaban J connectivity index is 0.00000272. The molecular formula is C23H32ClN5O2. The monoisotopic (exact) mass is 445 g/mol. The molecule has 8 heteroatoms. The van der Waals surface area contributed by atoms with Crippen molar-refractivity contribution in [3.8, 4) is 23.0 Å². The van der Waals surface area contributed by atoms with Crippen LogP contribution in [-0.2, 0) is 13.0 Å². The number of halogens is 1. The third-order valence-corrected chi connectivity index (χ3v) is 5.63. The van der Waals surface area contributed by atoms with Crippen LogP contribution < -0.4 is 15.2 Å². The van der Waals surface area contributed by atoms with Crippen LogP contribution in [0, 0.1) is 0 Å². The van der Waals surface area contributed by atoms with Gasteiger partial charge in [0.25, 0.3) is 0 Å². The van der Waals surface area contributed by atoms with Crippen molar-refractivity contribution in [2.75, 3.05) is 13.7 Å². The summed E-state index contributed by atoms with van der Waals surface area (Å²) in [6.07, 6.45) is 7.49. The van der Waals surface area contributed by atoms with Gasteiger partial charge in [-0.1, -0.05) is 19.9 Å². The maximum absolute atomic E-state index is 6.26. The first-order valence-electron chi connectivity index (χ1n) is 10.8. The van der Waals surface area contributed by atoms with Gasteiger partial charge in [0.05, 0.1) is 31.8 Å². The number of ether oxygens (including phenoxy) is 2. The Bertz CT molecular complexity index is 969. The molecule has 0 aromatic heterocycles. The number of nitrogens with two attached hydrogens (primary N) is 1. The Morgan fingerprint density at radius 3 is 2.61 bits per heavy atom. The van der Waals surface area contributed by atoms with Crippen molar-refractivity contribution in [2.24, 2.45) is 5.73 Å². The molecule has 0 spiro atoms. The van der Waals surface area contributed by atoms with Crippen molar-refractivity contribution in [2.45, 2.75) is 64.5 Å². The predicted molar refractivity (Wildman–Crippen MR) is 124 cm³/mol. The number of methoxy groups -OCH3 is 1. The zero-order valence-corrected chi connectivity index (χ0v) is 19.3. The smallest absolute Gasteiger partial charge is 0.164 e. The summed E-state index contributed by atoms with van der Waals surface area (Å²) in [5.41, 5.74) is 8.63. The van der Waals surface area contributed by atoms with E-state index in [2.05, 4.69) is 35.5 Å². The van der Waals surface area contributed by atoms with E-state index in [4.69, 9.17) is 25.2 Å². The van der Waals surface area contributed by atoms with E-state index >= 15 is 0 Å². The predicted octanol–water partition coefficient (Wildman–Crippen LogP) is 4.20. The average molecular weight is 446 g/mol. The first-order chi connectivity index (χ1) is 14.6. The fourth-order valence-electron chi connectivity index (χ4n) is 3.99. The van der Waals surface area contributed by atoms with Crippen LogP contribution in [0.25, 0.3) is 11.5 Å². The molecule has 2 aliphatic heterocycles. The lowest BCUT2D eigenvalue weighted by Crippen LogP contribution is -2.13. The average Bonchev–Trinajstić information content (AvgIpc) is 3.40. The molecule has 4 rings (SSSR count). The third kappa shape index (κ3) is 5.10. The van der Waals surface area contributed by atoms with Gasteiger partial charge in [-0.25, -0.2) is 15.0 Å². The summed E-state index contributed by atoms with van der Waals surface area (Å²) in [5.74, 6) is 3.52. The summed E-state index contributed by atoms with van der Waals surface area (Å²) in [4.78, 5) is 14.2. The van der Waals surface area contributed by atoms with Crippen LogP contribution in [0.4, 0.5) is 0 Å². The van der Waals surface area contributed by atoms with E-state index < -0.39 is 0 Å². The van der Waals surface area contributed by atoms with Gasteiger partial charge in [-0.2, -0.15) is 0 Å². The minimum absolute atomic E-state index is 0. The van der Waals surface area contributed by atoms with Crippen LogP contribution in [0.1, 0.15) is 62.5 Å². The van der Waals surface area contributed by atoms with Crippen molar-refractivity contribution < 1.29 is 9.47 Å². The van der Waals surface area contributed by atoms with Crippen LogP contribution in [0.3, 0.4) is 0 Å². The number of fused-ring (bicyclic) bond motifs is 1. The fraction of sp³-hybridized carbons (Fsp3) is 0.522. The van der Waals surface area contributed by atoms with Crippen molar-refractivity contribution in [1.82, 2.24) is 19.5 Å². The third-order valence-electron chi connectivity index (χ3n) is 5.63. The summed E-state index contributed by atoms with van der Waals surface area (Å²) in [6, 6.07) is 6.11. The number of benzene rings is 1. The van der Waals surface area contributed by atoms with E-state index in [1.165, 1.54) is 12.8 Å². The first kappa shape index (κ1) is 23.3. The normalized spacial score (nSPS) is 14.2. The number of hydrogen-bond donors (Lipinski definition) is 1. The highest BCUT2D eigenvalue weighted by Crippen LogP contribution is 2.33. The molecule has 2 heterocycles. The summed E-state index contributed by atoms with van der Waals surface area (Å²) in [6.45, 7) is 5.37. The lowest BCUT2D eigenvalue weighted by atomic mass is 10.1. The SMILES string of the molecule is COc1ccc(Cn2cnc(CCN)c3nc(C(C)C)nc2-3)cc1OC1CCCC1.Cl. The van der Waals surface area contributed by atoms with Crippen LogP contribution in [-0.4, -0.2) is 39.3 Å². The number of imidazole rings is 1. The van der Waals surface area contributed by atoms with Crippen molar-refractivity contribution in [3.63, 3.8) is 0 Å². The lowest BCUT2D eigenvalue weighted by Gasteiger charge is -2.18. The molecule has 7 nitrogen and oxygen atoms in total. The Morgan fingerprint density at radius 1 is 1.16 bits per heavy atom. The molecule has 0 radical (unpaired) electrons. The molecule has 1 fully saturated rings. The van der Waals surface area contributed by atoms with Crippen molar-refractivity contribution in [1.29, 1.82) is 0 Å². The highest BCUT2D eigenvalue weighted by Gasteiger charge is 2.22. The number of nitrogens with zero attached hydrogens (tertiary/aromatic N) is 4. The molecule has 31 heavy (non-hydrogen) atoms. The minimum atomic E-state index is 0. The fourth-order valence-corrected chi connectivity index (χ4v) is 3.99. The Morgan fingerprint density at radius 2 is 1.94 bits per heavy atom. The van der Waals surface area contributed by atoms with Gasteiger partial charge in [-0.3, -0.25) is 0 Å². The number of aromatic nitrogens is 4. The standard InChI is InChI=1S/C23H31N5O2.ClH/c1-15(2)22-26-21-18(10-11-24)25-14-28(23(21)27-22)13-16-8-9-19(29-3)20(12-16)30-17-6-4-5-7-17;/h8-9,12,14-15,17H,4-7,10-11,13,24H2,1-3H3;1H. The van der Waals surface area contributed by atoms with Crippen LogP contribution in [0.5, 0.6) is 11.5 Å². The maximum Gasteiger partial charge on any atom is 0.164 e. The van der Waals surface area contributed by atoms with Gasteiger partial charge in [-0.15, -0.1) is 12.4 Å². The molecule has 0 saturated heterocycles. The lowest BCUT2D eigenvalue weighted by molar-refractivity contribution is 0.200. The summed E-state index contributed by atoms with van der Waals surface area (Å²) < 4.78 is 13.8. The molecule has 1 aromatic carbocycles. The molecule has 2 N–H and O–H groups in total. The summed E-state index contributed by atoms with van der Waals surface area (Å²) in [7, 11) is 1.68. The van der Waals surface area contributed by atoms with Gasteiger partial charge < -0.3 is 19.8 Å². The van der Waals surface area contributed by atoms with Gasteiger partial charge in [0.2, 0.25) is 0 Å². The molecule has 0 amide bonds. The molecule has 0 atom stereocenters. The van der Waals surface area contributed by atoms with Crippen LogP contribution in [0.2, 0.25) is 0 Å². The molecule has 0 bridgehead atoms. The molecular weight excluding hydrogens is 414 g/mol. The number of hydrogen-bond acceptors (Lipinski definition) is 6. The van der Waals surface area contributed by atoms with E-state index in [9.17, 15) is 0 Å². The Labute approximate surface area is 190 Å².